The Morgan fingerprint density at radius 2 is 2.38 bits per heavy atom. The normalized spacial score (nSPS) is 34.2. The maximum absolute atomic E-state index is 5.59. The minimum atomic E-state index is 0.242. The molecule has 0 aromatic carbocycles. The van der Waals surface area contributed by atoms with E-state index in [0.717, 1.165) is 29.5 Å². The van der Waals surface area contributed by atoms with E-state index in [1.165, 1.54) is 0 Å². The molecule has 1 rings (SSSR count). The van der Waals surface area contributed by atoms with Crippen LogP contribution in [0.25, 0.3) is 0 Å². The molecule has 2 atom stereocenters. The van der Waals surface area contributed by atoms with Crippen LogP contribution < -0.4 is 0 Å². The van der Waals surface area contributed by atoms with Crippen molar-refractivity contribution in [3.63, 3.8) is 0 Å². The van der Waals surface area contributed by atoms with Crippen molar-refractivity contribution in [2.45, 2.75) is 45.3 Å². The Kier molecular flexibility index (Phi) is 6.06. The van der Waals surface area contributed by atoms with E-state index in [1.807, 2.05) is 13.1 Å². The molecule has 0 saturated carbocycles. The van der Waals surface area contributed by atoms with Crippen molar-refractivity contribution in [2.75, 3.05) is 13.7 Å². The third-order valence-corrected chi connectivity index (χ3v) is 3.60. The summed E-state index contributed by atoms with van der Waals surface area (Å²) in [6.45, 7) is 4.80. The molecule has 0 fully saturated rings. The quantitative estimate of drug-likeness (QED) is 0.781. The van der Waals surface area contributed by atoms with Crippen LogP contribution in [0.1, 0.15) is 33.1 Å². The average molecular weight is 290 g/mol. The Balaban J connectivity index is 2.76. The Morgan fingerprint density at radius 1 is 1.62 bits per heavy atom. The zero-order valence-corrected chi connectivity index (χ0v) is 11.8. The minimum absolute atomic E-state index is 0.242. The van der Waals surface area contributed by atoms with Gasteiger partial charge in [-0.05, 0) is 35.7 Å². The second-order valence-electron chi connectivity index (χ2n) is 3.97. The number of hydrogen-bond acceptors (Lipinski definition) is 3. The molecule has 16 heavy (non-hydrogen) atoms. The predicted octanol–water partition coefficient (Wildman–Crippen LogP) is 3.29. The van der Waals surface area contributed by atoms with Crippen molar-refractivity contribution in [3.05, 3.63) is 10.2 Å². The molecule has 0 bridgehead atoms. The van der Waals surface area contributed by atoms with Gasteiger partial charge in [0.25, 0.3) is 0 Å². The van der Waals surface area contributed by atoms with E-state index in [0.29, 0.717) is 12.6 Å². The van der Waals surface area contributed by atoms with Gasteiger partial charge in [0.2, 0.25) is 0 Å². The molecule has 1 aliphatic rings. The van der Waals surface area contributed by atoms with Gasteiger partial charge in [-0.25, -0.2) is 0 Å². The van der Waals surface area contributed by atoms with Gasteiger partial charge in [-0.2, -0.15) is 0 Å². The third-order valence-electron chi connectivity index (χ3n) is 2.83. The fraction of sp³-hybridized carbons (Fsp3) is 0.750. The molecule has 2 unspecified atom stereocenters. The number of hydrogen-bond donors (Lipinski definition) is 0. The molecule has 0 aromatic rings. The highest BCUT2D eigenvalue weighted by Gasteiger charge is 2.15. The maximum atomic E-state index is 5.59. The zero-order chi connectivity index (χ0) is 12.0. The van der Waals surface area contributed by atoms with Crippen LogP contribution >= 0.6 is 15.9 Å². The number of halogens is 1. The lowest BCUT2D eigenvalue weighted by molar-refractivity contribution is 0.0586. The van der Waals surface area contributed by atoms with Crippen LogP contribution in [-0.4, -0.2) is 32.1 Å². The molecule has 0 amide bonds. The molecule has 0 aromatic heterocycles. The van der Waals surface area contributed by atoms with Crippen molar-refractivity contribution in [2.24, 2.45) is 4.99 Å². The molecule has 92 valence electrons. The monoisotopic (exact) mass is 289 g/mol. The number of methoxy groups -OCH3 is 1. The summed E-state index contributed by atoms with van der Waals surface area (Å²) in [6, 6.07) is 0.336. The Labute approximate surface area is 106 Å². The van der Waals surface area contributed by atoms with Gasteiger partial charge in [-0.3, -0.25) is 4.99 Å². The molecule has 1 heterocycles. The van der Waals surface area contributed by atoms with Crippen molar-refractivity contribution in [1.29, 1.82) is 0 Å². The van der Waals surface area contributed by atoms with Gasteiger partial charge in [0.15, 0.2) is 0 Å². The van der Waals surface area contributed by atoms with E-state index in [2.05, 4.69) is 27.8 Å². The van der Waals surface area contributed by atoms with Crippen LogP contribution in [0.5, 0.6) is 0 Å². The molecule has 1 aliphatic heterocycles. The van der Waals surface area contributed by atoms with Gasteiger partial charge in [0.1, 0.15) is 5.76 Å². The lowest BCUT2D eigenvalue weighted by Crippen LogP contribution is -2.21. The van der Waals surface area contributed by atoms with Gasteiger partial charge >= 0.3 is 0 Å². The lowest BCUT2D eigenvalue weighted by atomic mass is 10.1. The third kappa shape index (κ3) is 4.26. The maximum Gasteiger partial charge on any atom is 0.109 e. The average Bonchev–Trinajstić information content (AvgIpc) is 2.30. The molecule has 4 heteroatoms. The van der Waals surface area contributed by atoms with E-state index in [-0.39, 0.29) is 6.10 Å². The SMILES string of the molecule is CCC1CC(OC)CCO/C(C)=C(Br)/C=N\1. The highest BCUT2D eigenvalue weighted by molar-refractivity contribution is 9.12. The number of aliphatic imine (C=N–C) groups is 1. The summed E-state index contributed by atoms with van der Waals surface area (Å²) in [5.74, 6) is 0.885. The van der Waals surface area contributed by atoms with Crippen molar-refractivity contribution >= 4 is 22.1 Å². The van der Waals surface area contributed by atoms with Crippen LogP contribution in [0, 0.1) is 0 Å². The molecule has 0 aliphatic carbocycles. The van der Waals surface area contributed by atoms with E-state index >= 15 is 0 Å². The number of allylic oxidation sites excluding steroid dienone is 2. The second-order valence-corrected chi connectivity index (χ2v) is 4.83. The van der Waals surface area contributed by atoms with Crippen molar-refractivity contribution in [3.8, 4) is 0 Å². The smallest absolute Gasteiger partial charge is 0.109 e. The summed E-state index contributed by atoms with van der Waals surface area (Å²) < 4.78 is 12.0. The van der Waals surface area contributed by atoms with Crippen molar-refractivity contribution in [1.82, 2.24) is 0 Å². The summed E-state index contributed by atoms with van der Waals surface area (Å²) in [4.78, 5) is 4.54. The first-order valence-electron chi connectivity index (χ1n) is 5.72. The molecule has 0 N–H and O–H groups in total. The van der Waals surface area contributed by atoms with E-state index in [4.69, 9.17) is 9.47 Å². The van der Waals surface area contributed by atoms with E-state index in [9.17, 15) is 0 Å². The van der Waals surface area contributed by atoms with Gasteiger partial charge in [-0.15, -0.1) is 0 Å². The number of nitrogens with zero attached hydrogens (tertiary/aromatic N) is 1. The lowest BCUT2D eigenvalue weighted by Gasteiger charge is -2.21. The summed E-state index contributed by atoms with van der Waals surface area (Å²) >= 11 is 3.46. The van der Waals surface area contributed by atoms with Crippen LogP contribution in [0.15, 0.2) is 15.2 Å². The summed E-state index contributed by atoms with van der Waals surface area (Å²) in [7, 11) is 1.76. The summed E-state index contributed by atoms with van der Waals surface area (Å²) in [6.07, 6.45) is 5.01. The molecule has 0 radical (unpaired) electrons. The fourth-order valence-corrected chi connectivity index (χ4v) is 1.88. The standard InChI is InChI=1S/C12H20BrNO2/c1-4-10-7-11(15-3)5-6-16-9(2)12(13)8-14-10/h8,10-11H,4-7H2,1-3H3/b12-9-,14-8-. The van der Waals surface area contributed by atoms with Gasteiger partial charge in [-0.1, -0.05) is 6.92 Å². The molecule has 0 spiro atoms. The molecule has 0 saturated heterocycles. The first-order valence-corrected chi connectivity index (χ1v) is 6.51. The topological polar surface area (TPSA) is 30.8 Å². The first kappa shape index (κ1) is 13.7. The van der Waals surface area contributed by atoms with Crippen LogP contribution in [-0.2, 0) is 9.47 Å². The Bertz CT molecular complexity index is 276. The van der Waals surface area contributed by atoms with Gasteiger partial charge in [0.05, 0.1) is 23.2 Å². The number of rotatable bonds is 2. The molecule has 3 nitrogen and oxygen atoms in total. The number of ether oxygens (including phenoxy) is 2. The molecular weight excluding hydrogens is 270 g/mol. The zero-order valence-electron chi connectivity index (χ0n) is 10.2. The first-order chi connectivity index (χ1) is 7.67. The highest BCUT2D eigenvalue weighted by atomic mass is 79.9. The van der Waals surface area contributed by atoms with Crippen LogP contribution in [0.4, 0.5) is 0 Å². The second kappa shape index (κ2) is 7.07. The molecular formula is C12H20BrNO2. The van der Waals surface area contributed by atoms with Crippen LogP contribution in [0.3, 0.4) is 0 Å². The summed E-state index contributed by atoms with van der Waals surface area (Å²) in [5.41, 5.74) is 0. The highest BCUT2D eigenvalue weighted by Crippen LogP contribution is 2.18. The van der Waals surface area contributed by atoms with Crippen molar-refractivity contribution < 1.29 is 9.47 Å². The van der Waals surface area contributed by atoms with Crippen LogP contribution in [0.2, 0.25) is 0 Å². The van der Waals surface area contributed by atoms with Gasteiger partial charge < -0.3 is 9.47 Å². The minimum Gasteiger partial charge on any atom is -0.497 e. The predicted molar refractivity (Wildman–Crippen MR) is 70.2 cm³/mol. The largest absolute Gasteiger partial charge is 0.497 e. The van der Waals surface area contributed by atoms with Gasteiger partial charge in [0, 0.05) is 19.7 Å². The Morgan fingerprint density at radius 3 is 3.00 bits per heavy atom. The fourth-order valence-electron chi connectivity index (χ4n) is 1.64. The Hall–Kier alpha value is -0.350. The van der Waals surface area contributed by atoms with E-state index < -0.39 is 0 Å². The summed E-state index contributed by atoms with van der Waals surface area (Å²) in [5, 5.41) is 0. The van der Waals surface area contributed by atoms with E-state index in [1.54, 1.807) is 7.11 Å².